The summed E-state index contributed by atoms with van der Waals surface area (Å²) in [7, 11) is 1.50. The Kier molecular flexibility index (Phi) is 3.88. The Morgan fingerprint density at radius 1 is 0.900 bits per heavy atom. The van der Waals surface area contributed by atoms with Gasteiger partial charge in [-0.1, -0.05) is 12.1 Å². The van der Waals surface area contributed by atoms with Gasteiger partial charge in [-0.15, -0.1) is 0 Å². The molecule has 0 atom stereocenters. The van der Waals surface area contributed by atoms with E-state index < -0.39 is 11.7 Å². The molecule has 20 heavy (non-hydrogen) atoms. The first kappa shape index (κ1) is 14.2. The fraction of sp³-hybridized carbons (Fsp3) is 0.200. The molecule has 2 aromatic rings. The highest BCUT2D eigenvalue weighted by atomic mass is 19.4. The first-order valence-electron chi connectivity index (χ1n) is 5.90. The highest BCUT2D eigenvalue weighted by molar-refractivity contribution is 5.45. The zero-order valence-corrected chi connectivity index (χ0v) is 11.0. The van der Waals surface area contributed by atoms with Gasteiger partial charge < -0.3 is 9.47 Å². The Balaban J connectivity index is 2.31. The molecule has 0 saturated carbocycles. The molecule has 0 bridgehead atoms. The van der Waals surface area contributed by atoms with Crippen molar-refractivity contribution in [2.45, 2.75) is 13.1 Å². The third-order valence-electron chi connectivity index (χ3n) is 2.79. The maximum Gasteiger partial charge on any atom is 0.416 e. The van der Waals surface area contributed by atoms with Crippen molar-refractivity contribution in [2.75, 3.05) is 7.11 Å². The van der Waals surface area contributed by atoms with Crippen LogP contribution >= 0.6 is 0 Å². The van der Waals surface area contributed by atoms with E-state index in [1.54, 1.807) is 31.2 Å². The second kappa shape index (κ2) is 5.45. The third kappa shape index (κ3) is 3.04. The number of halogens is 3. The van der Waals surface area contributed by atoms with Crippen molar-refractivity contribution in [2.24, 2.45) is 0 Å². The average molecular weight is 282 g/mol. The zero-order valence-electron chi connectivity index (χ0n) is 11.0. The van der Waals surface area contributed by atoms with Gasteiger partial charge in [0.1, 0.15) is 5.75 Å². The number of alkyl halides is 3. The van der Waals surface area contributed by atoms with Gasteiger partial charge in [0, 0.05) is 0 Å². The van der Waals surface area contributed by atoms with Crippen LogP contribution in [0, 0.1) is 6.92 Å². The number of ether oxygens (including phenoxy) is 2. The maximum absolute atomic E-state index is 12.6. The molecular weight excluding hydrogens is 269 g/mol. The van der Waals surface area contributed by atoms with Crippen LogP contribution in [0.1, 0.15) is 11.1 Å². The van der Waals surface area contributed by atoms with Crippen LogP contribution in [0.3, 0.4) is 0 Å². The third-order valence-corrected chi connectivity index (χ3v) is 2.79. The summed E-state index contributed by atoms with van der Waals surface area (Å²) in [6.07, 6.45) is -4.35. The highest BCUT2D eigenvalue weighted by Crippen LogP contribution is 2.36. The molecule has 0 N–H and O–H groups in total. The Bertz CT molecular complexity index is 606. The summed E-state index contributed by atoms with van der Waals surface area (Å²) in [5.41, 5.74) is -0.284. The maximum atomic E-state index is 12.6. The summed E-state index contributed by atoms with van der Waals surface area (Å²) >= 11 is 0. The molecule has 106 valence electrons. The topological polar surface area (TPSA) is 18.5 Å². The quantitative estimate of drug-likeness (QED) is 0.804. The summed E-state index contributed by atoms with van der Waals surface area (Å²) in [6, 6.07) is 10.3. The number of methoxy groups -OCH3 is 1. The standard InChI is InChI=1S/C15H13F3O2/c1-10-9-11(15(16,17)18)7-8-12(10)20-14-6-4-3-5-13(14)19-2/h3-9H,1-2H3. The number of hydrogen-bond acceptors (Lipinski definition) is 2. The molecule has 0 unspecified atom stereocenters. The van der Waals surface area contributed by atoms with Crippen molar-refractivity contribution in [1.82, 2.24) is 0 Å². The van der Waals surface area contributed by atoms with Crippen LogP contribution in [0.2, 0.25) is 0 Å². The first-order valence-corrected chi connectivity index (χ1v) is 5.90. The van der Waals surface area contributed by atoms with Gasteiger partial charge in [0.25, 0.3) is 0 Å². The minimum atomic E-state index is -4.35. The molecule has 5 heteroatoms. The lowest BCUT2D eigenvalue weighted by molar-refractivity contribution is -0.137. The van der Waals surface area contributed by atoms with Crippen molar-refractivity contribution in [3.8, 4) is 17.2 Å². The van der Waals surface area contributed by atoms with Gasteiger partial charge in [-0.2, -0.15) is 13.2 Å². The molecule has 2 nitrogen and oxygen atoms in total. The summed E-state index contributed by atoms with van der Waals surface area (Å²) in [6.45, 7) is 1.57. The van der Waals surface area contributed by atoms with Crippen LogP contribution in [0.25, 0.3) is 0 Å². The molecule has 0 aliphatic rings. The molecule has 0 fully saturated rings. The van der Waals surface area contributed by atoms with E-state index in [9.17, 15) is 13.2 Å². The Hall–Kier alpha value is -2.17. The van der Waals surface area contributed by atoms with E-state index in [0.717, 1.165) is 12.1 Å². The largest absolute Gasteiger partial charge is 0.493 e. The second-order valence-corrected chi connectivity index (χ2v) is 4.23. The lowest BCUT2D eigenvalue weighted by atomic mass is 10.1. The van der Waals surface area contributed by atoms with Crippen LogP contribution in [0.5, 0.6) is 17.2 Å². The van der Waals surface area contributed by atoms with E-state index in [0.29, 0.717) is 22.8 Å². The Morgan fingerprint density at radius 3 is 2.10 bits per heavy atom. The molecule has 0 aromatic heterocycles. The molecular formula is C15H13F3O2. The van der Waals surface area contributed by atoms with Crippen LogP contribution in [-0.2, 0) is 6.18 Å². The number of hydrogen-bond donors (Lipinski definition) is 0. The van der Waals surface area contributed by atoms with Crippen LogP contribution in [0.4, 0.5) is 13.2 Å². The minimum Gasteiger partial charge on any atom is -0.493 e. The fourth-order valence-electron chi connectivity index (χ4n) is 1.76. The van der Waals surface area contributed by atoms with E-state index >= 15 is 0 Å². The highest BCUT2D eigenvalue weighted by Gasteiger charge is 2.30. The van der Waals surface area contributed by atoms with E-state index in [4.69, 9.17) is 9.47 Å². The van der Waals surface area contributed by atoms with Gasteiger partial charge in [0.05, 0.1) is 12.7 Å². The average Bonchev–Trinajstić information content (AvgIpc) is 2.40. The van der Waals surface area contributed by atoms with Crippen molar-refractivity contribution in [1.29, 1.82) is 0 Å². The van der Waals surface area contributed by atoms with E-state index in [2.05, 4.69) is 0 Å². The van der Waals surface area contributed by atoms with Crippen molar-refractivity contribution < 1.29 is 22.6 Å². The lowest BCUT2D eigenvalue weighted by Crippen LogP contribution is -2.05. The molecule has 0 heterocycles. The minimum absolute atomic E-state index is 0.363. The molecule has 0 spiro atoms. The van der Waals surface area contributed by atoms with E-state index in [1.165, 1.54) is 13.2 Å². The van der Waals surface area contributed by atoms with Gasteiger partial charge in [0.15, 0.2) is 11.5 Å². The van der Waals surface area contributed by atoms with Gasteiger partial charge in [-0.25, -0.2) is 0 Å². The van der Waals surface area contributed by atoms with Gasteiger partial charge in [0.2, 0.25) is 0 Å². The zero-order chi connectivity index (χ0) is 14.8. The van der Waals surface area contributed by atoms with E-state index in [1.807, 2.05) is 0 Å². The summed E-state index contributed by atoms with van der Waals surface area (Å²) < 4.78 is 48.5. The number of benzene rings is 2. The monoisotopic (exact) mass is 282 g/mol. The lowest BCUT2D eigenvalue weighted by Gasteiger charge is -2.13. The molecule has 0 aliphatic carbocycles. The van der Waals surface area contributed by atoms with Gasteiger partial charge >= 0.3 is 6.18 Å². The summed E-state index contributed by atoms with van der Waals surface area (Å²) in [5.74, 6) is 1.34. The van der Waals surface area contributed by atoms with Crippen molar-refractivity contribution in [3.63, 3.8) is 0 Å². The Labute approximate surface area is 114 Å². The molecule has 0 aliphatic heterocycles. The fourth-order valence-corrected chi connectivity index (χ4v) is 1.76. The predicted octanol–water partition coefficient (Wildman–Crippen LogP) is 4.81. The normalized spacial score (nSPS) is 11.2. The molecule has 2 aromatic carbocycles. The van der Waals surface area contributed by atoms with E-state index in [-0.39, 0.29) is 0 Å². The van der Waals surface area contributed by atoms with Crippen molar-refractivity contribution >= 4 is 0 Å². The molecule has 0 saturated heterocycles. The SMILES string of the molecule is COc1ccccc1Oc1ccc(C(F)(F)F)cc1C. The molecule has 0 radical (unpaired) electrons. The number of rotatable bonds is 3. The summed E-state index contributed by atoms with van der Waals surface area (Å²) in [5, 5.41) is 0. The van der Waals surface area contributed by atoms with Gasteiger partial charge in [-0.3, -0.25) is 0 Å². The summed E-state index contributed by atoms with van der Waals surface area (Å²) in [4.78, 5) is 0. The molecule has 0 amide bonds. The van der Waals surface area contributed by atoms with Gasteiger partial charge in [-0.05, 0) is 42.8 Å². The second-order valence-electron chi connectivity index (χ2n) is 4.23. The first-order chi connectivity index (χ1) is 9.41. The predicted molar refractivity (Wildman–Crippen MR) is 69.2 cm³/mol. The van der Waals surface area contributed by atoms with Crippen molar-refractivity contribution in [3.05, 3.63) is 53.6 Å². The molecule has 2 rings (SSSR count). The Morgan fingerprint density at radius 2 is 1.55 bits per heavy atom. The van der Waals surface area contributed by atoms with Crippen LogP contribution in [-0.4, -0.2) is 7.11 Å². The number of para-hydroxylation sites is 2. The smallest absolute Gasteiger partial charge is 0.416 e. The van der Waals surface area contributed by atoms with Crippen LogP contribution in [0.15, 0.2) is 42.5 Å². The number of aryl methyl sites for hydroxylation is 1. The van der Waals surface area contributed by atoms with Crippen LogP contribution < -0.4 is 9.47 Å².